The maximum Gasteiger partial charge on any atom is 0.0639 e. The van der Waals surface area contributed by atoms with Gasteiger partial charge in [-0.2, -0.15) is 5.10 Å². The van der Waals surface area contributed by atoms with E-state index in [0.717, 1.165) is 30.5 Å². The lowest BCUT2D eigenvalue weighted by Gasteiger charge is -2.24. The Bertz CT molecular complexity index is 438. The number of hydrogen-bond acceptors (Lipinski definition) is 3. The molecule has 0 aliphatic carbocycles. The van der Waals surface area contributed by atoms with Crippen molar-refractivity contribution >= 4 is 24.8 Å². The lowest BCUT2D eigenvalue weighted by Crippen LogP contribution is -2.34. The Balaban J connectivity index is 0.000000735. The van der Waals surface area contributed by atoms with E-state index in [1.807, 2.05) is 0 Å². The van der Waals surface area contributed by atoms with Gasteiger partial charge in [0.05, 0.1) is 5.69 Å². The van der Waals surface area contributed by atoms with E-state index in [0.29, 0.717) is 0 Å². The van der Waals surface area contributed by atoms with Crippen LogP contribution in [0.15, 0.2) is 0 Å². The van der Waals surface area contributed by atoms with E-state index in [4.69, 9.17) is 0 Å². The summed E-state index contributed by atoms with van der Waals surface area (Å²) in [5.41, 5.74) is 3.86. The number of H-pyrrole nitrogens is 1. The summed E-state index contributed by atoms with van der Waals surface area (Å²) in [6, 6.07) is 1.65. The molecule has 20 heavy (non-hydrogen) atoms. The zero-order valence-corrected chi connectivity index (χ0v) is 13.7. The van der Waals surface area contributed by atoms with Crippen molar-refractivity contribution in [3.05, 3.63) is 17.0 Å². The van der Waals surface area contributed by atoms with Gasteiger partial charge in [0.25, 0.3) is 0 Å². The van der Waals surface area contributed by atoms with Crippen LogP contribution in [0.4, 0.5) is 0 Å². The van der Waals surface area contributed by atoms with Crippen LogP contribution >= 0.6 is 24.8 Å². The van der Waals surface area contributed by atoms with Crippen molar-refractivity contribution in [1.82, 2.24) is 20.4 Å². The van der Waals surface area contributed by atoms with Gasteiger partial charge < -0.3 is 5.32 Å². The van der Waals surface area contributed by atoms with Crippen molar-refractivity contribution in [2.24, 2.45) is 11.8 Å². The van der Waals surface area contributed by atoms with E-state index in [9.17, 15) is 0 Å². The fourth-order valence-corrected chi connectivity index (χ4v) is 4.63. The molecule has 6 heteroatoms. The van der Waals surface area contributed by atoms with Gasteiger partial charge in [-0.25, -0.2) is 0 Å². The molecular formula is C14H24Cl2N4. The van der Waals surface area contributed by atoms with E-state index in [-0.39, 0.29) is 24.8 Å². The number of halogens is 2. The van der Waals surface area contributed by atoms with Crippen LogP contribution in [0.2, 0.25) is 0 Å². The molecule has 4 atom stereocenters. The molecule has 1 aromatic heterocycles. The quantitative estimate of drug-likeness (QED) is 0.877. The molecule has 3 aliphatic rings. The SMILES string of the molecule is Cc1n[nH]c(C)c1CN1[C@@H]2CC[C@H]1[C@H]1CNC[C@H]12.Cl.Cl. The first-order chi connectivity index (χ1) is 8.75. The second-order valence-corrected chi connectivity index (χ2v) is 6.28. The zero-order valence-electron chi connectivity index (χ0n) is 12.1. The minimum Gasteiger partial charge on any atom is -0.316 e. The van der Waals surface area contributed by atoms with Crippen LogP contribution in [-0.2, 0) is 6.54 Å². The Labute approximate surface area is 132 Å². The second kappa shape index (κ2) is 5.84. The molecule has 2 N–H and O–H groups in total. The Morgan fingerprint density at radius 3 is 2.20 bits per heavy atom. The summed E-state index contributed by atoms with van der Waals surface area (Å²) in [5.74, 6) is 1.83. The summed E-state index contributed by atoms with van der Waals surface area (Å²) in [7, 11) is 0. The molecule has 4 nitrogen and oxygen atoms in total. The van der Waals surface area contributed by atoms with Crippen molar-refractivity contribution in [3.63, 3.8) is 0 Å². The molecule has 0 saturated carbocycles. The zero-order chi connectivity index (χ0) is 12.3. The topological polar surface area (TPSA) is 44.0 Å². The predicted molar refractivity (Wildman–Crippen MR) is 84.8 cm³/mol. The minimum absolute atomic E-state index is 0. The standard InChI is InChI=1S/C14H22N4.2ClH/c1-8-12(9(2)17-16-8)7-18-13-3-4-14(18)11-6-15-5-10(11)13;;/h10-11,13-15H,3-7H2,1-2H3,(H,16,17);2*1H/t10-,11+,13-,14+;;. The predicted octanol–water partition coefficient (Wildman–Crippen LogP) is 2.05. The smallest absolute Gasteiger partial charge is 0.0639 e. The van der Waals surface area contributed by atoms with E-state index in [1.165, 1.54) is 42.9 Å². The van der Waals surface area contributed by atoms with Crippen molar-refractivity contribution < 1.29 is 0 Å². The van der Waals surface area contributed by atoms with Crippen molar-refractivity contribution in [2.45, 2.75) is 45.3 Å². The normalized spacial score (nSPS) is 34.7. The van der Waals surface area contributed by atoms with Crippen molar-refractivity contribution in [3.8, 4) is 0 Å². The number of nitrogens with one attached hydrogen (secondary N) is 2. The highest BCUT2D eigenvalue weighted by Crippen LogP contribution is 2.48. The second-order valence-electron chi connectivity index (χ2n) is 6.28. The van der Waals surface area contributed by atoms with Crippen LogP contribution in [0.25, 0.3) is 0 Å². The Kier molecular flexibility index (Phi) is 4.69. The third kappa shape index (κ3) is 2.17. The van der Waals surface area contributed by atoms with E-state index in [2.05, 4.69) is 34.3 Å². The van der Waals surface area contributed by atoms with Gasteiger partial charge >= 0.3 is 0 Å². The van der Waals surface area contributed by atoms with Gasteiger partial charge in [0.1, 0.15) is 0 Å². The van der Waals surface area contributed by atoms with Gasteiger partial charge in [-0.1, -0.05) is 0 Å². The van der Waals surface area contributed by atoms with Gasteiger partial charge in [0.2, 0.25) is 0 Å². The molecule has 0 radical (unpaired) electrons. The third-order valence-electron chi connectivity index (χ3n) is 5.53. The summed E-state index contributed by atoms with van der Waals surface area (Å²) in [4.78, 5) is 2.78. The number of aromatic amines is 1. The number of fused-ring (bicyclic) bond motifs is 5. The fourth-order valence-electron chi connectivity index (χ4n) is 4.63. The molecule has 0 unspecified atom stereocenters. The molecule has 4 heterocycles. The average Bonchev–Trinajstić information content (AvgIpc) is 3.07. The fraction of sp³-hybridized carbons (Fsp3) is 0.786. The summed E-state index contributed by atoms with van der Waals surface area (Å²) in [6.45, 7) is 7.86. The van der Waals surface area contributed by atoms with Gasteiger partial charge in [0, 0.05) is 29.9 Å². The molecule has 0 spiro atoms. The number of aromatic nitrogens is 2. The average molecular weight is 319 g/mol. The van der Waals surface area contributed by atoms with Crippen LogP contribution in [-0.4, -0.2) is 40.3 Å². The van der Waals surface area contributed by atoms with Crippen LogP contribution in [0.3, 0.4) is 0 Å². The largest absolute Gasteiger partial charge is 0.316 e. The first-order valence-corrected chi connectivity index (χ1v) is 7.22. The van der Waals surface area contributed by atoms with Crippen molar-refractivity contribution in [2.75, 3.05) is 13.1 Å². The first-order valence-electron chi connectivity index (χ1n) is 7.22. The molecule has 114 valence electrons. The Morgan fingerprint density at radius 2 is 1.70 bits per heavy atom. The Hall–Kier alpha value is -0.290. The van der Waals surface area contributed by atoms with Crippen molar-refractivity contribution in [1.29, 1.82) is 0 Å². The van der Waals surface area contributed by atoms with Crippen LogP contribution in [0.1, 0.15) is 29.8 Å². The van der Waals surface area contributed by atoms with Crippen LogP contribution in [0.5, 0.6) is 0 Å². The highest BCUT2D eigenvalue weighted by Gasteiger charge is 2.54. The molecule has 3 fully saturated rings. The van der Waals surface area contributed by atoms with Gasteiger partial charge in [-0.3, -0.25) is 10.00 Å². The maximum atomic E-state index is 4.34. The molecule has 2 bridgehead atoms. The van der Waals surface area contributed by atoms with Gasteiger partial charge in [-0.15, -0.1) is 24.8 Å². The minimum atomic E-state index is 0. The molecule has 0 aromatic carbocycles. The molecule has 0 amide bonds. The number of nitrogens with zero attached hydrogens (tertiary/aromatic N) is 2. The van der Waals surface area contributed by atoms with Crippen LogP contribution < -0.4 is 5.32 Å². The first kappa shape index (κ1) is 16.1. The highest BCUT2D eigenvalue weighted by atomic mass is 35.5. The molecule has 3 aliphatic heterocycles. The maximum absolute atomic E-state index is 4.34. The summed E-state index contributed by atoms with van der Waals surface area (Å²) < 4.78 is 0. The number of rotatable bonds is 2. The van der Waals surface area contributed by atoms with Gasteiger partial charge in [0.15, 0.2) is 0 Å². The van der Waals surface area contributed by atoms with Gasteiger partial charge in [-0.05, 0) is 51.6 Å². The molecule has 3 saturated heterocycles. The van der Waals surface area contributed by atoms with E-state index >= 15 is 0 Å². The summed E-state index contributed by atoms with van der Waals surface area (Å²) in [5, 5.41) is 11.0. The number of hydrogen-bond donors (Lipinski definition) is 2. The molecular weight excluding hydrogens is 295 g/mol. The van der Waals surface area contributed by atoms with E-state index < -0.39 is 0 Å². The van der Waals surface area contributed by atoms with E-state index in [1.54, 1.807) is 0 Å². The highest BCUT2D eigenvalue weighted by molar-refractivity contribution is 5.85. The summed E-state index contributed by atoms with van der Waals surface area (Å²) in [6.07, 6.45) is 2.81. The lowest BCUT2D eigenvalue weighted by molar-refractivity contribution is 0.218. The monoisotopic (exact) mass is 318 g/mol. The third-order valence-corrected chi connectivity index (χ3v) is 5.53. The van der Waals surface area contributed by atoms with Crippen LogP contribution in [0, 0.1) is 25.7 Å². The summed E-state index contributed by atoms with van der Waals surface area (Å²) >= 11 is 0. The molecule has 1 aromatic rings. The number of aryl methyl sites for hydroxylation is 2. The molecule has 4 rings (SSSR count). The lowest BCUT2D eigenvalue weighted by atomic mass is 9.82. The Morgan fingerprint density at radius 1 is 1.10 bits per heavy atom.